The molecule has 0 amide bonds. The summed E-state index contributed by atoms with van der Waals surface area (Å²) in [4.78, 5) is 3.64. The minimum atomic E-state index is -0.508. The highest BCUT2D eigenvalue weighted by molar-refractivity contribution is 7.99. The molecule has 0 radical (unpaired) electrons. The molecule has 1 fully saturated rings. The van der Waals surface area contributed by atoms with E-state index in [0.29, 0.717) is 6.54 Å². The van der Waals surface area contributed by atoms with Crippen molar-refractivity contribution in [2.45, 2.75) is 25.1 Å². The van der Waals surface area contributed by atoms with Gasteiger partial charge in [0.2, 0.25) is 0 Å². The van der Waals surface area contributed by atoms with Crippen LogP contribution in [0.25, 0.3) is 0 Å². The number of rotatable bonds is 7. The van der Waals surface area contributed by atoms with Crippen LogP contribution in [0.15, 0.2) is 41.8 Å². The molecule has 1 aromatic heterocycles. The lowest BCUT2D eigenvalue weighted by Gasteiger charge is -2.22. The van der Waals surface area contributed by atoms with E-state index in [1.165, 1.54) is 16.1 Å². The molecule has 1 saturated heterocycles. The van der Waals surface area contributed by atoms with Crippen LogP contribution in [-0.4, -0.2) is 35.8 Å². The fourth-order valence-corrected chi connectivity index (χ4v) is 4.82. The van der Waals surface area contributed by atoms with Crippen LogP contribution in [0.5, 0.6) is 0 Å². The summed E-state index contributed by atoms with van der Waals surface area (Å²) in [6, 6.07) is 12.9. The summed E-state index contributed by atoms with van der Waals surface area (Å²) in [7, 11) is 2.13. The van der Waals surface area contributed by atoms with Crippen molar-refractivity contribution >= 4 is 28.8 Å². The Bertz CT molecular complexity index is 592. The van der Waals surface area contributed by atoms with E-state index in [1.54, 1.807) is 11.3 Å². The highest BCUT2D eigenvalue weighted by atomic mass is 32.2. The van der Waals surface area contributed by atoms with Crippen molar-refractivity contribution in [3.8, 4) is 0 Å². The second-order valence-electron chi connectivity index (χ2n) is 6.23. The van der Waals surface area contributed by atoms with Crippen molar-refractivity contribution in [3.63, 3.8) is 0 Å². The van der Waals surface area contributed by atoms with Gasteiger partial charge in [-0.3, -0.25) is 0 Å². The van der Waals surface area contributed by atoms with E-state index >= 15 is 0 Å². The molecule has 2 aromatic rings. The van der Waals surface area contributed by atoms with E-state index in [9.17, 15) is 5.11 Å². The molecule has 1 aliphatic rings. The normalized spacial score (nSPS) is 20.8. The third-order valence-corrected chi connectivity index (χ3v) is 6.31. The van der Waals surface area contributed by atoms with Gasteiger partial charge in [-0.2, -0.15) is 11.8 Å². The summed E-state index contributed by atoms with van der Waals surface area (Å²) in [6.45, 7) is 2.43. The van der Waals surface area contributed by atoms with Crippen LogP contribution in [0.1, 0.15) is 16.9 Å². The van der Waals surface area contributed by atoms with Gasteiger partial charge in [0.15, 0.2) is 0 Å². The third-order valence-electron chi connectivity index (χ3n) is 4.22. The summed E-state index contributed by atoms with van der Waals surface area (Å²) >= 11 is 3.63. The number of hydrogen-bond donors (Lipinski definition) is 2. The third kappa shape index (κ3) is 4.73. The van der Waals surface area contributed by atoms with Crippen molar-refractivity contribution in [2.24, 2.45) is 0 Å². The Balaban J connectivity index is 1.48. The molecule has 5 heteroatoms. The van der Waals surface area contributed by atoms with Gasteiger partial charge in [-0.05, 0) is 41.3 Å². The molecule has 124 valence electrons. The van der Waals surface area contributed by atoms with Crippen LogP contribution in [-0.2, 0) is 13.1 Å². The van der Waals surface area contributed by atoms with E-state index in [2.05, 4.69) is 59.0 Å². The first-order chi connectivity index (χ1) is 11.1. The Hall–Kier alpha value is -1.01. The molecule has 1 aromatic carbocycles. The zero-order chi connectivity index (χ0) is 16.1. The second kappa shape index (κ2) is 7.71. The number of benzene rings is 1. The quantitative estimate of drug-likeness (QED) is 0.804. The van der Waals surface area contributed by atoms with Gasteiger partial charge >= 0.3 is 0 Å². The lowest BCUT2D eigenvalue weighted by molar-refractivity contribution is 0.0675. The maximum absolute atomic E-state index is 10.3. The van der Waals surface area contributed by atoms with E-state index < -0.39 is 5.60 Å². The number of thiophene rings is 1. The fraction of sp³-hybridized carbons (Fsp3) is 0.444. The van der Waals surface area contributed by atoms with Crippen LogP contribution in [0.3, 0.4) is 0 Å². The van der Waals surface area contributed by atoms with Crippen LogP contribution in [0.2, 0.25) is 0 Å². The van der Waals surface area contributed by atoms with Crippen LogP contribution < -0.4 is 10.2 Å². The Morgan fingerprint density at radius 1 is 1.26 bits per heavy atom. The van der Waals surface area contributed by atoms with Crippen molar-refractivity contribution < 1.29 is 5.11 Å². The van der Waals surface area contributed by atoms with Crippen LogP contribution >= 0.6 is 23.1 Å². The minimum Gasteiger partial charge on any atom is -0.388 e. The van der Waals surface area contributed by atoms with Crippen molar-refractivity contribution in [3.05, 3.63) is 52.2 Å². The molecule has 1 aliphatic heterocycles. The first-order valence-corrected chi connectivity index (χ1v) is 10.0. The Kier molecular flexibility index (Phi) is 5.64. The molecule has 2 N–H and O–H groups in total. The molecular formula is C18H24N2OS2. The highest BCUT2D eigenvalue weighted by Crippen LogP contribution is 2.27. The number of hydrogen-bond acceptors (Lipinski definition) is 5. The van der Waals surface area contributed by atoms with E-state index in [4.69, 9.17) is 0 Å². The monoisotopic (exact) mass is 348 g/mol. The molecule has 0 bridgehead atoms. The lowest BCUT2D eigenvalue weighted by atomic mass is 10.0. The van der Waals surface area contributed by atoms with Crippen molar-refractivity contribution in [2.75, 3.05) is 30.0 Å². The van der Waals surface area contributed by atoms with Gasteiger partial charge in [0.05, 0.1) is 12.1 Å². The first kappa shape index (κ1) is 16.8. The van der Waals surface area contributed by atoms with E-state index in [-0.39, 0.29) is 0 Å². The summed E-state index contributed by atoms with van der Waals surface area (Å²) in [5.41, 5.74) is 1.98. The van der Waals surface area contributed by atoms with E-state index in [1.807, 2.05) is 11.8 Å². The van der Waals surface area contributed by atoms with Gasteiger partial charge in [0.1, 0.15) is 0 Å². The summed E-state index contributed by atoms with van der Waals surface area (Å²) < 4.78 is 0. The Labute approximate surface area is 146 Å². The maximum atomic E-state index is 10.3. The molecule has 1 unspecified atom stereocenters. The first-order valence-electron chi connectivity index (χ1n) is 7.98. The predicted molar refractivity (Wildman–Crippen MR) is 101 cm³/mol. The number of thioether (sulfide) groups is 1. The SMILES string of the molecule is CN(Cc1cccs1)c1ccc(CNCC2(O)CCSC2)cc1. The highest BCUT2D eigenvalue weighted by Gasteiger charge is 2.30. The standard InChI is InChI=1S/C18H24N2OS2/c1-20(12-17-3-2-9-23-17)16-6-4-15(5-7-16)11-19-13-18(21)8-10-22-14-18/h2-7,9,19,21H,8,10-14H2,1H3. The molecule has 0 saturated carbocycles. The zero-order valence-corrected chi connectivity index (χ0v) is 15.1. The number of aliphatic hydroxyl groups is 1. The average molecular weight is 349 g/mol. The Morgan fingerprint density at radius 2 is 2.09 bits per heavy atom. The van der Waals surface area contributed by atoms with Crippen molar-refractivity contribution in [1.82, 2.24) is 5.32 Å². The van der Waals surface area contributed by atoms with Crippen molar-refractivity contribution in [1.29, 1.82) is 0 Å². The minimum absolute atomic E-state index is 0.508. The number of anilines is 1. The Morgan fingerprint density at radius 3 is 2.74 bits per heavy atom. The molecular weight excluding hydrogens is 324 g/mol. The maximum Gasteiger partial charge on any atom is 0.0869 e. The molecule has 2 heterocycles. The smallest absolute Gasteiger partial charge is 0.0869 e. The molecule has 1 atom stereocenters. The average Bonchev–Trinajstić information content (AvgIpc) is 3.20. The molecule has 23 heavy (non-hydrogen) atoms. The molecule has 3 rings (SSSR count). The zero-order valence-electron chi connectivity index (χ0n) is 13.5. The van der Waals surface area contributed by atoms with Crippen LogP contribution in [0, 0.1) is 0 Å². The molecule has 3 nitrogen and oxygen atoms in total. The second-order valence-corrected chi connectivity index (χ2v) is 8.37. The van der Waals surface area contributed by atoms with Gasteiger partial charge in [-0.25, -0.2) is 0 Å². The largest absolute Gasteiger partial charge is 0.388 e. The summed E-state index contributed by atoms with van der Waals surface area (Å²) in [5, 5.41) is 15.8. The molecule has 0 spiro atoms. The van der Waals surface area contributed by atoms with Gasteiger partial charge in [0.25, 0.3) is 0 Å². The lowest BCUT2D eigenvalue weighted by Crippen LogP contribution is -2.40. The number of nitrogens with one attached hydrogen (secondary N) is 1. The van der Waals surface area contributed by atoms with Gasteiger partial charge in [-0.1, -0.05) is 18.2 Å². The molecule has 0 aliphatic carbocycles. The van der Waals surface area contributed by atoms with E-state index in [0.717, 1.165) is 31.0 Å². The summed E-state index contributed by atoms with van der Waals surface area (Å²) in [6.07, 6.45) is 0.900. The topological polar surface area (TPSA) is 35.5 Å². The van der Waals surface area contributed by atoms with Gasteiger partial charge < -0.3 is 15.3 Å². The fourth-order valence-electron chi connectivity index (χ4n) is 2.77. The van der Waals surface area contributed by atoms with Crippen LogP contribution in [0.4, 0.5) is 5.69 Å². The van der Waals surface area contributed by atoms with Gasteiger partial charge in [0, 0.05) is 36.5 Å². The van der Waals surface area contributed by atoms with Gasteiger partial charge in [-0.15, -0.1) is 11.3 Å². The predicted octanol–water partition coefficient (Wildman–Crippen LogP) is 3.34. The number of nitrogens with zero attached hydrogens (tertiary/aromatic N) is 1. The summed E-state index contributed by atoms with van der Waals surface area (Å²) in [5.74, 6) is 1.93.